The Morgan fingerprint density at radius 3 is 2.60 bits per heavy atom. The van der Waals surface area contributed by atoms with Crippen LogP contribution in [0.2, 0.25) is 5.02 Å². The SMILES string of the molecule is CCOC(=O)C(N)C(=O)Nc1ccc(C(=O)O)c(Cl)c1. The number of halogens is 1. The van der Waals surface area contributed by atoms with Crippen LogP contribution in [0.15, 0.2) is 18.2 Å². The molecule has 1 amide bonds. The van der Waals surface area contributed by atoms with E-state index in [0.717, 1.165) is 0 Å². The summed E-state index contributed by atoms with van der Waals surface area (Å²) in [5, 5.41) is 11.1. The number of aromatic carboxylic acids is 1. The van der Waals surface area contributed by atoms with Crippen molar-refractivity contribution in [3.8, 4) is 0 Å². The summed E-state index contributed by atoms with van der Waals surface area (Å²) >= 11 is 5.74. The average molecular weight is 301 g/mol. The quantitative estimate of drug-likeness (QED) is 0.548. The minimum absolute atomic E-state index is 0.0417. The number of hydrogen-bond acceptors (Lipinski definition) is 5. The highest BCUT2D eigenvalue weighted by atomic mass is 35.5. The maximum atomic E-state index is 11.7. The molecule has 1 rings (SSSR count). The van der Waals surface area contributed by atoms with Crippen molar-refractivity contribution in [2.75, 3.05) is 11.9 Å². The third-order valence-electron chi connectivity index (χ3n) is 2.29. The minimum atomic E-state index is -1.46. The van der Waals surface area contributed by atoms with Crippen LogP contribution in [0.4, 0.5) is 5.69 Å². The van der Waals surface area contributed by atoms with Crippen molar-refractivity contribution in [1.82, 2.24) is 0 Å². The van der Waals surface area contributed by atoms with Gasteiger partial charge in [-0.15, -0.1) is 0 Å². The number of nitrogens with one attached hydrogen (secondary N) is 1. The highest BCUT2D eigenvalue weighted by molar-refractivity contribution is 6.33. The van der Waals surface area contributed by atoms with Gasteiger partial charge in [0, 0.05) is 5.69 Å². The van der Waals surface area contributed by atoms with Gasteiger partial charge in [0.05, 0.1) is 17.2 Å². The highest BCUT2D eigenvalue weighted by Gasteiger charge is 2.23. The zero-order valence-electron chi connectivity index (χ0n) is 10.6. The van der Waals surface area contributed by atoms with Crippen LogP contribution in [0.3, 0.4) is 0 Å². The van der Waals surface area contributed by atoms with E-state index in [9.17, 15) is 14.4 Å². The molecule has 8 heteroatoms. The molecule has 108 valence electrons. The number of esters is 1. The standard InChI is InChI=1S/C12H13ClN2O5/c1-2-20-12(19)9(14)10(16)15-6-3-4-7(11(17)18)8(13)5-6/h3-5,9H,2,14H2,1H3,(H,15,16)(H,17,18). The zero-order valence-corrected chi connectivity index (χ0v) is 11.3. The number of hydrogen-bond donors (Lipinski definition) is 3. The topological polar surface area (TPSA) is 119 Å². The summed E-state index contributed by atoms with van der Waals surface area (Å²) in [7, 11) is 0. The van der Waals surface area contributed by atoms with Crippen LogP contribution in [0.1, 0.15) is 17.3 Å². The van der Waals surface area contributed by atoms with Gasteiger partial charge in [0.25, 0.3) is 5.91 Å². The van der Waals surface area contributed by atoms with E-state index in [2.05, 4.69) is 10.1 Å². The molecule has 20 heavy (non-hydrogen) atoms. The second kappa shape index (κ2) is 6.88. The maximum Gasteiger partial charge on any atom is 0.337 e. The van der Waals surface area contributed by atoms with Crippen LogP contribution in [-0.4, -0.2) is 35.6 Å². The number of rotatable bonds is 5. The molecule has 1 unspecified atom stereocenters. The lowest BCUT2D eigenvalue weighted by atomic mass is 10.2. The molecule has 7 nitrogen and oxygen atoms in total. The summed E-state index contributed by atoms with van der Waals surface area (Å²) in [5.74, 6) is -2.81. The Morgan fingerprint density at radius 2 is 2.10 bits per heavy atom. The van der Waals surface area contributed by atoms with Crippen LogP contribution in [0, 0.1) is 0 Å². The molecular weight excluding hydrogens is 288 g/mol. The number of ether oxygens (including phenoxy) is 1. The summed E-state index contributed by atoms with van der Waals surface area (Å²) in [5.41, 5.74) is 5.53. The first-order valence-corrected chi connectivity index (χ1v) is 6.00. The van der Waals surface area contributed by atoms with Crippen molar-refractivity contribution in [3.05, 3.63) is 28.8 Å². The number of nitrogens with two attached hydrogens (primary N) is 1. The monoisotopic (exact) mass is 300 g/mol. The van der Waals surface area contributed by atoms with Gasteiger partial charge in [-0.2, -0.15) is 0 Å². The highest BCUT2D eigenvalue weighted by Crippen LogP contribution is 2.21. The Balaban J connectivity index is 2.79. The van der Waals surface area contributed by atoms with E-state index in [1.54, 1.807) is 6.92 Å². The van der Waals surface area contributed by atoms with Gasteiger partial charge in [-0.3, -0.25) is 4.79 Å². The van der Waals surface area contributed by atoms with Crippen LogP contribution in [0.25, 0.3) is 0 Å². The molecule has 0 fully saturated rings. The van der Waals surface area contributed by atoms with E-state index >= 15 is 0 Å². The molecule has 1 atom stereocenters. The van der Waals surface area contributed by atoms with E-state index < -0.39 is 23.9 Å². The van der Waals surface area contributed by atoms with Crippen LogP contribution in [-0.2, 0) is 14.3 Å². The molecule has 1 aromatic rings. The maximum absolute atomic E-state index is 11.7. The van der Waals surface area contributed by atoms with E-state index in [-0.39, 0.29) is 22.9 Å². The van der Waals surface area contributed by atoms with Crippen molar-refractivity contribution < 1.29 is 24.2 Å². The van der Waals surface area contributed by atoms with Crippen molar-refractivity contribution >= 4 is 35.1 Å². The molecule has 0 saturated carbocycles. The van der Waals surface area contributed by atoms with Crippen molar-refractivity contribution in [2.45, 2.75) is 13.0 Å². The first-order chi connectivity index (χ1) is 9.36. The van der Waals surface area contributed by atoms with E-state index in [4.69, 9.17) is 22.4 Å². The number of benzene rings is 1. The molecular formula is C12H13ClN2O5. The largest absolute Gasteiger partial charge is 0.478 e. The Kier molecular flexibility index (Phi) is 5.48. The predicted molar refractivity (Wildman–Crippen MR) is 71.6 cm³/mol. The molecule has 0 heterocycles. The van der Waals surface area contributed by atoms with Crippen molar-refractivity contribution in [2.24, 2.45) is 5.73 Å². The van der Waals surface area contributed by atoms with E-state index in [1.807, 2.05) is 0 Å². The third kappa shape index (κ3) is 3.94. The Bertz CT molecular complexity index is 547. The fraction of sp³-hybridized carbons (Fsp3) is 0.250. The molecule has 0 bridgehead atoms. The van der Waals surface area contributed by atoms with Gasteiger partial charge >= 0.3 is 11.9 Å². The van der Waals surface area contributed by atoms with Gasteiger partial charge in [-0.1, -0.05) is 11.6 Å². The molecule has 0 radical (unpaired) electrons. The van der Waals surface area contributed by atoms with Crippen molar-refractivity contribution in [1.29, 1.82) is 0 Å². The Hall–Kier alpha value is -2.12. The van der Waals surface area contributed by atoms with Crippen molar-refractivity contribution in [3.63, 3.8) is 0 Å². The fourth-order valence-electron chi connectivity index (χ4n) is 1.33. The van der Waals surface area contributed by atoms with Gasteiger partial charge in [-0.05, 0) is 25.1 Å². The normalized spacial score (nSPS) is 11.6. The second-order valence-electron chi connectivity index (χ2n) is 3.72. The lowest BCUT2D eigenvalue weighted by Crippen LogP contribution is -2.43. The summed E-state index contributed by atoms with van der Waals surface area (Å²) in [6.07, 6.45) is 0. The molecule has 0 aliphatic heterocycles. The van der Waals surface area contributed by atoms with E-state index in [1.165, 1.54) is 18.2 Å². The molecule has 0 saturated heterocycles. The van der Waals surface area contributed by atoms with Gasteiger partial charge in [0.1, 0.15) is 0 Å². The molecule has 0 aliphatic rings. The lowest BCUT2D eigenvalue weighted by Gasteiger charge is -2.11. The molecule has 0 aromatic heterocycles. The van der Waals surface area contributed by atoms with Gasteiger partial charge < -0.3 is 20.9 Å². The first-order valence-electron chi connectivity index (χ1n) is 5.62. The zero-order chi connectivity index (χ0) is 15.3. The number of carbonyl (C=O) groups excluding carboxylic acids is 2. The fourth-order valence-corrected chi connectivity index (χ4v) is 1.59. The van der Waals surface area contributed by atoms with E-state index in [0.29, 0.717) is 0 Å². The average Bonchev–Trinajstić information content (AvgIpc) is 2.37. The number of anilines is 1. The lowest BCUT2D eigenvalue weighted by molar-refractivity contribution is -0.146. The van der Waals surface area contributed by atoms with Crippen LogP contribution in [0.5, 0.6) is 0 Å². The number of carboxylic acid groups (broad SMARTS) is 1. The molecule has 1 aromatic carbocycles. The number of carbonyl (C=O) groups is 3. The second-order valence-corrected chi connectivity index (χ2v) is 4.13. The summed E-state index contributed by atoms with van der Waals surface area (Å²) in [4.78, 5) is 33.7. The number of carboxylic acids is 1. The molecule has 0 spiro atoms. The molecule has 4 N–H and O–H groups in total. The number of amides is 1. The third-order valence-corrected chi connectivity index (χ3v) is 2.60. The van der Waals surface area contributed by atoms with Gasteiger partial charge in [0.15, 0.2) is 6.04 Å². The first kappa shape index (κ1) is 15.9. The summed E-state index contributed by atoms with van der Waals surface area (Å²) in [6.45, 7) is 1.70. The summed E-state index contributed by atoms with van der Waals surface area (Å²) in [6, 6.07) is 2.36. The van der Waals surface area contributed by atoms with Gasteiger partial charge in [0.2, 0.25) is 0 Å². The smallest absolute Gasteiger partial charge is 0.337 e. The minimum Gasteiger partial charge on any atom is -0.478 e. The predicted octanol–water partition coefficient (Wildman–Crippen LogP) is 0.867. The van der Waals surface area contributed by atoms with Gasteiger partial charge in [-0.25, -0.2) is 9.59 Å². The van der Waals surface area contributed by atoms with Crippen LogP contribution >= 0.6 is 11.6 Å². The summed E-state index contributed by atoms with van der Waals surface area (Å²) < 4.78 is 4.61. The molecule has 0 aliphatic carbocycles. The Morgan fingerprint density at radius 1 is 1.45 bits per heavy atom. The van der Waals surface area contributed by atoms with Crippen LogP contribution < -0.4 is 11.1 Å². The Labute approximate surface area is 119 Å².